The van der Waals surface area contributed by atoms with Gasteiger partial charge in [-0.3, -0.25) is 4.79 Å². The minimum atomic E-state index is -3.06. The summed E-state index contributed by atoms with van der Waals surface area (Å²) in [6, 6.07) is 9.28. The molecule has 6 nitrogen and oxygen atoms in total. The van der Waals surface area contributed by atoms with Gasteiger partial charge in [-0.15, -0.1) is 0 Å². The zero-order valence-corrected chi connectivity index (χ0v) is 17.0. The molecule has 0 N–H and O–H groups in total. The predicted molar refractivity (Wildman–Crippen MR) is 104 cm³/mol. The first-order valence-corrected chi connectivity index (χ1v) is 11.3. The molecule has 26 heavy (non-hydrogen) atoms. The summed E-state index contributed by atoms with van der Waals surface area (Å²) in [7, 11) is -3.06. The van der Waals surface area contributed by atoms with Crippen molar-refractivity contribution in [1.29, 1.82) is 0 Å². The quantitative estimate of drug-likeness (QED) is 0.692. The Kier molecular flexibility index (Phi) is 5.82. The highest BCUT2D eigenvalue weighted by atomic mass is 79.9. The smallest absolute Gasteiger partial charge is 0.258 e. The van der Waals surface area contributed by atoms with Crippen molar-refractivity contribution in [2.24, 2.45) is 0 Å². The van der Waals surface area contributed by atoms with E-state index in [4.69, 9.17) is 0 Å². The van der Waals surface area contributed by atoms with Gasteiger partial charge in [-0.2, -0.15) is 5.10 Å². The predicted octanol–water partition coefficient (Wildman–Crippen LogP) is 3.06. The second-order valence-electron chi connectivity index (χ2n) is 6.51. The summed E-state index contributed by atoms with van der Waals surface area (Å²) in [5, 5.41) is 4.33. The average Bonchev–Trinajstić information content (AvgIpc) is 3.18. The normalized spacial score (nSPS) is 18.8. The van der Waals surface area contributed by atoms with Gasteiger partial charge in [0, 0.05) is 12.6 Å². The van der Waals surface area contributed by atoms with E-state index in [1.165, 1.54) is 0 Å². The van der Waals surface area contributed by atoms with Crippen molar-refractivity contribution < 1.29 is 13.2 Å². The summed E-state index contributed by atoms with van der Waals surface area (Å²) in [4.78, 5) is 14.9. The lowest BCUT2D eigenvalue weighted by molar-refractivity contribution is 0.0693. The monoisotopic (exact) mass is 439 g/mol. The lowest BCUT2D eigenvalue weighted by Crippen LogP contribution is -2.41. The number of hydrogen-bond donors (Lipinski definition) is 0. The molecule has 2 heterocycles. The SMILES string of the molecule is CCCCN(C(=O)c1cnn(-c2ccccc2)c1Br)[C@H]1CCS(=O)(=O)C1. The third-order valence-corrected chi connectivity index (χ3v) is 7.12. The fraction of sp³-hybridized carbons (Fsp3) is 0.444. The number of halogens is 1. The number of carbonyl (C=O) groups excluding carboxylic acids is 1. The highest BCUT2D eigenvalue weighted by Crippen LogP contribution is 2.25. The molecule has 0 saturated carbocycles. The van der Waals surface area contributed by atoms with Crippen molar-refractivity contribution in [2.45, 2.75) is 32.2 Å². The number of unbranched alkanes of at least 4 members (excludes halogenated alkanes) is 1. The number of para-hydroxylation sites is 1. The van der Waals surface area contributed by atoms with Crippen LogP contribution in [-0.2, 0) is 9.84 Å². The van der Waals surface area contributed by atoms with Gasteiger partial charge in [-0.25, -0.2) is 13.1 Å². The molecule has 1 atom stereocenters. The molecule has 0 radical (unpaired) electrons. The highest BCUT2D eigenvalue weighted by Gasteiger charge is 2.35. The molecule has 1 fully saturated rings. The van der Waals surface area contributed by atoms with Gasteiger partial charge in [0.25, 0.3) is 5.91 Å². The molecule has 1 amide bonds. The molecule has 0 bridgehead atoms. The Morgan fingerprint density at radius 1 is 1.35 bits per heavy atom. The zero-order chi connectivity index (χ0) is 18.7. The summed E-state index contributed by atoms with van der Waals surface area (Å²) in [6.45, 7) is 2.61. The fourth-order valence-electron chi connectivity index (χ4n) is 3.18. The Labute approximate surface area is 162 Å². The topological polar surface area (TPSA) is 72.3 Å². The maximum absolute atomic E-state index is 13.2. The molecule has 0 unspecified atom stereocenters. The number of sulfone groups is 1. The van der Waals surface area contributed by atoms with E-state index in [-0.39, 0.29) is 23.5 Å². The largest absolute Gasteiger partial charge is 0.334 e. The van der Waals surface area contributed by atoms with Gasteiger partial charge >= 0.3 is 0 Å². The van der Waals surface area contributed by atoms with Crippen molar-refractivity contribution in [2.75, 3.05) is 18.1 Å². The van der Waals surface area contributed by atoms with Crippen molar-refractivity contribution >= 4 is 31.7 Å². The Morgan fingerprint density at radius 2 is 2.08 bits per heavy atom. The van der Waals surface area contributed by atoms with Crippen molar-refractivity contribution in [3.8, 4) is 5.69 Å². The highest BCUT2D eigenvalue weighted by molar-refractivity contribution is 9.10. The maximum atomic E-state index is 13.2. The lowest BCUT2D eigenvalue weighted by Gasteiger charge is -2.28. The fourth-order valence-corrected chi connectivity index (χ4v) is 5.48. The second-order valence-corrected chi connectivity index (χ2v) is 9.49. The number of aromatic nitrogens is 2. The number of benzene rings is 1. The van der Waals surface area contributed by atoms with E-state index in [0.717, 1.165) is 18.5 Å². The number of amides is 1. The summed E-state index contributed by atoms with van der Waals surface area (Å²) in [5.41, 5.74) is 1.30. The maximum Gasteiger partial charge on any atom is 0.258 e. The minimum absolute atomic E-state index is 0.0485. The van der Waals surface area contributed by atoms with Gasteiger partial charge in [-0.05, 0) is 40.9 Å². The molecule has 1 aliphatic heterocycles. The summed E-state index contributed by atoms with van der Waals surface area (Å²) >= 11 is 3.49. The Hall–Kier alpha value is -1.67. The van der Waals surface area contributed by atoms with Crippen LogP contribution in [0.1, 0.15) is 36.5 Å². The third-order valence-electron chi connectivity index (χ3n) is 4.60. The molecule has 8 heteroatoms. The van der Waals surface area contributed by atoms with Gasteiger partial charge in [0.15, 0.2) is 9.84 Å². The van der Waals surface area contributed by atoms with Crippen LogP contribution in [0.25, 0.3) is 5.69 Å². The van der Waals surface area contributed by atoms with Crippen LogP contribution in [0.3, 0.4) is 0 Å². The molecule has 0 spiro atoms. The van der Waals surface area contributed by atoms with Gasteiger partial charge in [0.2, 0.25) is 0 Å². The average molecular weight is 440 g/mol. The summed E-state index contributed by atoms with van der Waals surface area (Å²) in [6.07, 6.45) is 3.82. The van der Waals surface area contributed by atoms with Gasteiger partial charge < -0.3 is 4.90 Å². The van der Waals surface area contributed by atoms with Crippen molar-refractivity contribution in [3.63, 3.8) is 0 Å². The second kappa shape index (κ2) is 7.92. The van der Waals surface area contributed by atoms with E-state index in [0.29, 0.717) is 23.1 Å². The van der Waals surface area contributed by atoms with Crippen LogP contribution in [0.4, 0.5) is 0 Å². The van der Waals surface area contributed by atoms with Crippen molar-refractivity contribution in [3.05, 3.63) is 46.7 Å². The van der Waals surface area contributed by atoms with Gasteiger partial charge in [-0.1, -0.05) is 31.5 Å². The summed E-state index contributed by atoms with van der Waals surface area (Å²) in [5.74, 6) is 0.0277. The molecule has 2 aromatic rings. The van der Waals surface area contributed by atoms with E-state index in [2.05, 4.69) is 28.0 Å². The number of nitrogens with zero attached hydrogens (tertiary/aromatic N) is 3. The third kappa shape index (κ3) is 4.01. The van der Waals surface area contributed by atoms with Crippen LogP contribution in [0, 0.1) is 0 Å². The standard InChI is InChI=1S/C18H22BrN3O3S/c1-2-3-10-21(15-9-11-26(24,25)13-15)18(23)16-12-20-22(17(16)19)14-7-5-4-6-8-14/h4-8,12,15H,2-3,9-11,13H2,1H3/t15-/m0/s1. The lowest BCUT2D eigenvalue weighted by atomic mass is 10.1. The van der Waals surface area contributed by atoms with Crippen LogP contribution in [0.5, 0.6) is 0 Å². The number of hydrogen-bond acceptors (Lipinski definition) is 4. The van der Waals surface area contributed by atoms with Crippen LogP contribution in [0.15, 0.2) is 41.1 Å². The first kappa shape index (κ1) is 19.1. The molecular weight excluding hydrogens is 418 g/mol. The Morgan fingerprint density at radius 3 is 2.69 bits per heavy atom. The number of carbonyl (C=O) groups is 1. The molecule has 1 saturated heterocycles. The molecule has 1 aromatic heterocycles. The molecule has 1 aliphatic rings. The molecule has 0 aliphatic carbocycles. The molecule has 1 aromatic carbocycles. The summed E-state index contributed by atoms with van der Waals surface area (Å²) < 4.78 is 26.0. The van der Waals surface area contributed by atoms with E-state index in [9.17, 15) is 13.2 Å². The molecule has 140 valence electrons. The van der Waals surface area contributed by atoms with E-state index in [1.54, 1.807) is 15.8 Å². The van der Waals surface area contributed by atoms with Crippen LogP contribution >= 0.6 is 15.9 Å². The van der Waals surface area contributed by atoms with Crippen LogP contribution in [0.2, 0.25) is 0 Å². The van der Waals surface area contributed by atoms with Crippen molar-refractivity contribution in [1.82, 2.24) is 14.7 Å². The molecular formula is C18H22BrN3O3S. The van der Waals surface area contributed by atoms with E-state index >= 15 is 0 Å². The molecule has 3 rings (SSSR count). The Balaban J connectivity index is 1.89. The van der Waals surface area contributed by atoms with Crippen LogP contribution < -0.4 is 0 Å². The first-order chi connectivity index (χ1) is 12.4. The van der Waals surface area contributed by atoms with E-state index < -0.39 is 9.84 Å². The van der Waals surface area contributed by atoms with Crippen LogP contribution in [-0.4, -0.2) is 53.1 Å². The first-order valence-electron chi connectivity index (χ1n) is 8.73. The number of rotatable bonds is 6. The minimum Gasteiger partial charge on any atom is -0.334 e. The van der Waals surface area contributed by atoms with E-state index in [1.807, 2.05) is 30.3 Å². The van der Waals surface area contributed by atoms with Gasteiger partial charge in [0.05, 0.1) is 29.0 Å². The van der Waals surface area contributed by atoms with Gasteiger partial charge in [0.1, 0.15) is 4.60 Å². The Bertz CT molecular complexity index is 880. The zero-order valence-electron chi connectivity index (χ0n) is 14.6.